The first-order valence-electron chi connectivity index (χ1n) is 7.30. The van der Waals surface area contributed by atoms with Gasteiger partial charge in [0.1, 0.15) is 0 Å². The molecule has 1 aromatic rings. The number of nitro groups is 1. The molecule has 0 saturated carbocycles. The highest BCUT2D eigenvalue weighted by atomic mass is 16.6. The van der Waals surface area contributed by atoms with Crippen molar-refractivity contribution in [3.8, 4) is 0 Å². The van der Waals surface area contributed by atoms with E-state index in [9.17, 15) is 20.3 Å². The monoisotopic (exact) mass is 296 g/mol. The molecule has 3 atom stereocenters. The number of nitrogens with two attached hydrogens (primary N) is 1. The number of hydrogen-bond acceptors (Lipinski definition) is 5. The van der Waals surface area contributed by atoms with Crippen LogP contribution in [0.5, 0.6) is 0 Å². The van der Waals surface area contributed by atoms with Crippen LogP contribution in [0.2, 0.25) is 0 Å². The molecule has 6 heteroatoms. The molecule has 2 unspecified atom stereocenters. The van der Waals surface area contributed by atoms with E-state index in [4.69, 9.17) is 5.73 Å². The van der Waals surface area contributed by atoms with Crippen LogP contribution in [-0.2, 0) is 0 Å². The van der Waals surface area contributed by atoms with Crippen LogP contribution in [0.4, 0.5) is 5.69 Å². The first-order valence-corrected chi connectivity index (χ1v) is 7.30. The Balaban J connectivity index is 2.62. The summed E-state index contributed by atoms with van der Waals surface area (Å²) in [5, 5.41) is 30.9. The van der Waals surface area contributed by atoms with Crippen molar-refractivity contribution < 1.29 is 15.1 Å². The quantitative estimate of drug-likeness (QED) is 0.478. The van der Waals surface area contributed by atoms with Crippen LogP contribution < -0.4 is 5.73 Å². The summed E-state index contributed by atoms with van der Waals surface area (Å²) in [5.74, 6) is -0.0300. The van der Waals surface area contributed by atoms with Crippen molar-refractivity contribution in [3.05, 3.63) is 39.9 Å². The molecule has 0 aliphatic carbocycles. The van der Waals surface area contributed by atoms with Crippen molar-refractivity contribution in [3.63, 3.8) is 0 Å². The zero-order chi connectivity index (χ0) is 15.8. The summed E-state index contributed by atoms with van der Waals surface area (Å²) >= 11 is 0. The molecule has 0 aliphatic rings. The van der Waals surface area contributed by atoms with Crippen LogP contribution in [0.1, 0.15) is 44.3 Å². The Morgan fingerprint density at radius 2 is 1.90 bits per heavy atom. The first kappa shape index (κ1) is 17.6. The van der Waals surface area contributed by atoms with Gasteiger partial charge in [-0.25, -0.2) is 0 Å². The summed E-state index contributed by atoms with van der Waals surface area (Å²) in [6, 6.07) is 5.73. The van der Waals surface area contributed by atoms with E-state index in [1.54, 1.807) is 0 Å². The van der Waals surface area contributed by atoms with Gasteiger partial charge in [0.15, 0.2) is 0 Å². The van der Waals surface area contributed by atoms with E-state index in [1.165, 1.54) is 24.3 Å². The lowest BCUT2D eigenvalue weighted by atomic mass is 9.91. The number of aliphatic hydroxyl groups excluding tert-OH is 2. The van der Waals surface area contributed by atoms with Gasteiger partial charge in [-0.3, -0.25) is 10.1 Å². The number of unbranched alkanes of at least 4 members (excludes halogenated alkanes) is 1. The summed E-state index contributed by atoms with van der Waals surface area (Å²) < 4.78 is 0. The highest BCUT2D eigenvalue weighted by molar-refractivity contribution is 5.33. The van der Waals surface area contributed by atoms with E-state index in [2.05, 4.69) is 6.92 Å². The van der Waals surface area contributed by atoms with E-state index in [-0.39, 0.29) is 18.0 Å². The smallest absolute Gasteiger partial charge is 0.269 e. The second-order valence-corrected chi connectivity index (χ2v) is 5.31. The molecule has 118 valence electrons. The van der Waals surface area contributed by atoms with Gasteiger partial charge in [-0.1, -0.05) is 19.8 Å². The van der Waals surface area contributed by atoms with E-state index in [1.807, 2.05) is 0 Å². The van der Waals surface area contributed by atoms with Crippen molar-refractivity contribution in [2.24, 2.45) is 11.7 Å². The Kier molecular flexibility index (Phi) is 7.28. The third-order valence-corrected chi connectivity index (χ3v) is 3.73. The lowest BCUT2D eigenvalue weighted by molar-refractivity contribution is -0.384. The fourth-order valence-corrected chi connectivity index (χ4v) is 2.31. The van der Waals surface area contributed by atoms with Gasteiger partial charge in [0.25, 0.3) is 5.69 Å². The molecule has 1 aromatic carbocycles. The van der Waals surface area contributed by atoms with Gasteiger partial charge in [0, 0.05) is 18.6 Å². The maximum atomic E-state index is 10.6. The summed E-state index contributed by atoms with van der Waals surface area (Å²) in [6.07, 6.45) is 1.52. The SMILES string of the molecule is CCCC[C@H](CN)C(O)CC(O)c1ccc([N+](=O)[O-])cc1. The normalized spacial score (nSPS) is 15.4. The summed E-state index contributed by atoms with van der Waals surface area (Å²) in [7, 11) is 0. The predicted molar refractivity (Wildman–Crippen MR) is 80.7 cm³/mol. The number of non-ortho nitro benzene ring substituents is 1. The largest absolute Gasteiger partial charge is 0.393 e. The molecule has 0 radical (unpaired) electrons. The fourth-order valence-electron chi connectivity index (χ4n) is 2.31. The molecule has 0 spiro atoms. The van der Waals surface area contributed by atoms with Gasteiger partial charge in [-0.2, -0.15) is 0 Å². The van der Waals surface area contributed by atoms with Gasteiger partial charge in [-0.15, -0.1) is 0 Å². The molecule has 0 bridgehead atoms. The molecule has 6 nitrogen and oxygen atoms in total. The Labute approximate surface area is 124 Å². The van der Waals surface area contributed by atoms with Crippen molar-refractivity contribution in [1.29, 1.82) is 0 Å². The van der Waals surface area contributed by atoms with E-state index < -0.39 is 17.1 Å². The summed E-state index contributed by atoms with van der Waals surface area (Å²) in [6.45, 7) is 2.46. The predicted octanol–water partition coefficient (Wildman–Crippen LogP) is 2.14. The van der Waals surface area contributed by atoms with Crippen molar-refractivity contribution in [2.75, 3.05) is 6.54 Å². The Bertz CT molecular complexity index is 436. The van der Waals surface area contributed by atoms with Gasteiger partial charge < -0.3 is 15.9 Å². The van der Waals surface area contributed by atoms with Crippen LogP contribution in [0, 0.1) is 16.0 Å². The highest BCUT2D eigenvalue weighted by Crippen LogP contribution is 2.25. The average Bonchev–Trinajstić information content (AvgIpc) is 2.48. The van der Waals surface area contributed by atoms with E-state index >= 15 is 0 Å². The molecular weight excluding hydrogens is 272 g/mol. The van der Waals surface area contributed by atoms with E-state index in [0.717, 1.165) is 19.3 Å². The van der Waals surface area contributed by atoms with Crippen LogP contribution in [0.25, 0.3) is 0 Å². The van der Waals surface area contributed by atoms with Gasteiger partial charge in [-0.05, 0) is 36.6 Å². The van der Waals surface area contributed by atoms with E-state index in [0.29, 0.717) is 12.1 Å². The van der Waals surface area contributed by atoms with Crippen LogP contribution in [0.15, 0.2) is 24.3 Å². The number of hydrogen-bond donors (Lipinski definition) is 3. The van der Waals surface area contributed by atoms with Gasteiger partial charge in [0.2, 0.25) is 0 Å². The molecule has 0 amide bonds. The standard InChI is InChI=1S/C15H24N2O4/c1-2-3-4-12(10-16)15(19)9-14(18)11-5-7-13(8-6-11)17(20)21/h5-8,12,14-15,18-19H,2-4,9-10,16H2,1H3/t12-,14?,15?/m1/s1. The third-order valence-electron chi connectivity index (χ3n) is 3.73. The van der Waals surface area contributed by atoms with Crippen molar-refractivity contribution in [1.82, 2.24) is 0 Å². The topological polar surface area (TPSA) is 110 Å². The lowest BCUT2D eigenvalue weighted by Gasteiger charge is -2.23. The van der Waals surface area contributed by atoms with Gasteiger partial charge in [0.05, 0.1) is 17.1 Å². The second-order valence-electron chi connectivity index (χ2n) is 5.31. The minimum Gasteiger partial charge on any atom is -0.393 e. The van der Waals surface area contributed by atoms with Gasteiger partial charge >= 0.3 is 0 Å². The molecular formula is C15H24N2O4. The van der Waals surface area contributed by atoms with Crippen LogP contribution in [-0.4, -0.2) is 27.8 Å². The minimum absolute atomic E-state index is 0.0192. The Morgan fingerprint density at radius 1 is 1.29 bits per heavy atom. The molecule has 0 heterocycles. The lowest BCUT2D eigenvalue weighted by Crippen LogP contribution is -2.29. The van der Waals surface area contributed by atoms with Crippen molar-refractivity contribution >= 4 is 5.69 Å². The van der Waals surface area contributed by atoms with Crippen molar-refractivity contribution in [2.45, 2.75) is 44.8 Å². The molecule has 0 aliphatic heterocycles. The zero-order valence-corrected chi connectivity index (χ0v) is 12.3. The second kappa shape index (κ2) is 8.71. The Hall–Kier alpha value is -1.50. The molecule has 0 fully saturated rings. The zero-order valence-electron chi connectivity index (χ0n) is 12.3. The number of aliphatic hydroxyl groups is 2. The summed E-state index contributed by atoms with van der Waals surface area (Å²) in [5.41, 5.74) is 6.21. The molecule has 4 N–H and O–H groups in total. The molecule has 21 heavy (non-hydrogen) atoms. The fraction of sp³-hybridized carbons (Fsp3) is 0.600. The number of rotatable bonds is 9. The summed E-state index contributed by atoms with van der Waals surface area (Å²) in [4.78, 5) is 10.1. The first-order chi connectivity index (χ1) is 9.99. The number of nitrogens with zero attached hydrogens (tertiary/aromatic N) is 1. The maximum Gasteiger partial charge on any atom is 0.269 e. The number of benzene rings is 1. The number of nitro benzene ring substituents is 1. The van der Waals surface area contributed by atoms with Crippen LogP contribution in [0.3, 0.4) is 0 Å². The maximum absolute atomic E-state index is 10.6. The highest BCUT2D eigenvalue weighted by Gasteiger charge is 2.21. The minimum atomic E-state index is -0.850. The molecule has 1 rings (SSSR count). The van der Waals surface area contributed by atoms with Crippen LogP contribution >= 0.6 is 0 Å². The molecule has 0 saturated heterocycles. The average molecular weight is 296 g/mol. The Morgan fingerprint density at radius 3 is 2.38 bits per heavy atom. The third kappa shape index (κ3) is 5.41. The molecule has 0 aromatic heterocycles.